The first-order chi connectivity index (χ1) is 12.8. The molecule has 2 aliphatic rings. The second kappa shape index (κ2) is 5.11. The number of benzene rings is 3. The molecule has 3 aromatic carbocycles. The van der Waals surface area contributed by atoms with Gasteiger partial charge in [0.05, 0.1) is 0 Å². The molecule has 1 heteroatoms. The van der Waals surface area contributed by atoms with Crippen molar-refractivity contribution in [3.63, 3.8) is 0 Å². The van der Waals surface area contributed by atoms with Gasteiger partial charge in [0.2, 0.25) is 0 Å². The summed E-state index contributed by atoms with van der Waals surface area (Å²) in [6.07, 6.45) is 13.4. The molecule has 1 heterocycles. The molecule has 0 spiro atoms. The van der Waals surface area contributed by atoms with Gasteiger partial charge < -0.3 is 4.42 Å². The van der Waals surface area contributed by atoms with Crippen LogP contribution in [0.3, 0.4) is 0 Å². The van der Waals surface area contributed by atoms with Gasteiger partial charge in [0.15, 0.2) is 0 Å². The number of aryl methyl sites for hydroxylation is 3. The van der Waals surface area contributed by atoms with Gasteiger partial charge in [-0.1, -0.05) is 54.1 Å². The molecular weight excluding hydrogens is 316 g/mol. The topological polar surface area (TPSA) is 13.1 Å². The predicted octanol–water partition coefficient (Wildman–Crippen LogP) is 6.97. The third-order valence-electron chi connectivity index (χ3n) is 6.05. The van der Waals surface area contributed by atoms with Gasteiger partial charge in [-0.2, -0.15) is 0 Å². The molecule has 0 fully saturated rings. The molecule has 0 radical (unpaired) electrons. The van der Waals surface area contributed by atoms with Crippen LogP contribution < -0.4 is 0 Å². The van der Waals surface area contributed by atoms with Gasteiger partial charge in [0, 0.05) is 16.3 Å². The molecule has 0 atom stereocenters. The van der Waals surface area contributed by atoms with Crippen LogP contribution in [0.25, 0.3) is 44.7 Å². The lowest BCUT2D eigenvalue weighted by Crippen LogP contribution is -1.98. The van der Waals surface area contributed by atoms with Gasteiger partial charge >= 0.3 is 0 Å². The van der Waals surface area contributed by atoms with Crippen molar-refractivity contribution in [2.45, 2.75) is 32.6 Å². The van der Waals surface area contributed by atoms with Crippen LogP contribution in [0.2, 0.25) is 0 Å². The maximum atomic E-state index is 6.42. The fourth-order valence-electron chi connectivity index (χ4n) is 4.85. The van der Waals surface area contributed by atoms with Crippen LogP contribution >= 0.6 is 0 Å². The number of allylic oxidation sites excluding steroid dienone is 2. The van der Waals surface area contributed by atoms with Crippen LogP contribution in [0.1, 0.15) is 40.9 Å². The van der Waals surface area contributed by atoms with Crippen molar-refractivity contribution in [1.29, 1.82) is 0 Å². The average Bonchev–Trinajstić information content (AvgIpc) is 3.06. The zero-order chi connectivity index (χ0) is 17.3. The van der Waals surface area contributed by atoms with Crippen LogP contribution in [0.15, 0.2) is 46.9 Å². The van der Waals surface area contributed by atoms with E-state index in [1.165, 1.54) is 49.2 Å². The molecule has 0 saturated heterocycles. The molecule has 26 heavy (non-hydrogen) atoms. The highest BCUT2D eigenvalue weighted by Crippen LogP contribution is 2.43. The van der Waals surface area contributed by atoms with Gasteiger partial charge in [-0.15, -0.1) is 0 Å². The summed E-state index contributed by atoms with van der Waals surface area (Å²) in [5.74, 6) is 1.05. The van der Waals surface area contributed by atoms with E-state index in [1.807, 2.05) is 0 Å². The first kappa shape index (κ1) is 14.4. The monoisotopic (exact) mass is 336 g/mol. The summed E-state index contributed by atoms with van der Waals surface area (Å²) in [4.78, 5) is 0. The number of furan rings is 1. The van der Waals surface area contributed by atoms with E-state index in [0.29, 0.717) is 0 Å². The van der Waals surface area contributed by atoms with Gasteiger partial charge in [-0.3, -0.25) is 0 Å². The van der Waals surface area contributed by atoms with Crippen LogP contribution in [-0.2, 0) is 12.8 Å². The highest BCUT2D eigenvalue weighted by molar-refractivity contribution is 6.22. The fraction of sp³-hybridized carbons (Fsp3) is 0.200. The van der Waals surface area contributed by atoms with Crippen molar-refractivity contribution in [3.8, 4) is 0 Å². The van der Waals surface area contributed by atoms with E-state index in [9.17, 15) is 0 Å². The molecule has 0 unspecified atom stereocenters. The van der Waals surface area contributed by atoms with E-state index in [1.54, 1.807) is 0 Å². The highest BCUT2D eigenvalue weighted by atomic mass is 16.3. The Bertz CT molecular complexity index is 1280. The highest BCUT2D eigenvalue weighted by Gasteiger charge is 2.21. The number of rotatable bonds is 0. The second-order valence-electron chi connectivity index (χ2n) is 7.63. The minimum Gasteiger partial charge on any atom is -0.456 e. The second-order valence-corrected chi connectivity index (χ2v) is 7.63. The number of hydrogen-bond donors (Lipinski definition) is 0. The van der Waals surface area contributed by atoms with Gasteiger partial charge in [-0.25, -0.2) is 0 Å². The van der Waals surface area contributed by atoms with E-state index in [2.05, 4.69) is 61.6 Å². The third kappa shape index (κ3) is 1.81. The maximum Gasteiger partial charge on any atom is 0.143 e. The van der Waals surface area contributed by atoms with E-state index >= 15 is 0 Å². The molecule has 0 saturated carbocycles. The molecular formula is C25H20O. The van der Waals surface area contributed by atoms with Crippen molar-refractivity contribution in [2.24, 2.45) is 0 Å². The van der Waals surface area contributed by atoms with E-state index < -0.39 is 0 Å². The van der Waals surface area contributed by atoms with Crippen molar-refractivity contribution in [3.05, 3.63) is 70.5 Å². The van der Waals surface area contributed by atoms with E-state index in [0.717, 1.165) is 37.0 Å². The van der Waals surface area contributed by atoms with Gasteiger partial charge in [-0.05, 0) is 66.0 Å². The Morgan fingerprint density at radius 1 is 0.769 bits per heavy atom. The Hall–Kier alpha value is -2.80. The summed E-state index contributed by atoms with van der Waals surface area (Å²) in [6, 6.07) is 11.5. The van der Waals surface area contributed by atoms with Crippen LogP contribution in [0.5, 0.6) is 0 Å². The molecule has 6 rings (SSSR count). The van der Waals surface area contributed by atoms with Crippen molar-refractivity contribution < 1.29 is 4.42 Å². The quantitative estimate of drug-likeness (QED) is 0.316. The zero-order valence-electron chi connectivity index (χ0n) is 14.9. The normalized spacial score (nSPS) is 15.7. The summed E-state index contributed by atoms with van der Waals surface area (Å²) in [7, 11) is 0. The van der Waals surface area contributed by atoms with Crippen LogP contribution in [0, 0.1) is 6.92 Å². The lowest BCUT2D eigenvalue weighted by molar-refractivity contribution is 0.598. The van der Waals surface area contributed by atoms with E-state index in [-0.39, 0.29) is 0 Å². The third-order valence-corrected chi connectivity index (χ3v) is 6.05. The lowest BCUT2D eigenvalue weighted by Gasteiger charge is -2.18. The summed E-state index contributed by atoms with van der Waals surface area (Å²) in [6.45, 7) is 2.19. The molecule has 0 amide bonds. The minimum absolute atomic E-state index is 1.05. The predicted molar refractivity (Wildman–Crippen MR) is 111 cm³/mol. The van der Waals surface area contributed by atoms with Crippen molar-refractivity contribution >= 4 is 44.7 Å². The van der Waals surface area contributed by atoms with E-state index in [4.69, 9.17) is 4.42 Å². The molecule has 0 bridgehead atoms. The lowest BCUT2D eigenvalue weighted by atomic mass is 9.85. The SMILES string of the molecule is Cc1ccc2c(c1)c1c(c3ccc4c5c(oc4c32)C=CCC5)C=CCC1. The Balaban J connectivity index is 1.89. The molecule has 126 valence electrons. The van der Waals surface area contributed by atoms with Gasteiger partial charge in [0.25, 0.3) is 0 Å². The minimum atomic E-state index is 1.05. The van der Waals surface area contributed by atoms with Crippen LogP contribution in [0.4, 0.5) is 0 Å². The summed E-state index contributed by atoms with van der Waals surface area (Å²) in [5, 5.41) is 6.63. The molecule has 4 aromatic rings. The summed E-state index contributed by atoms with van der Waals surface area (Å²) >= 11 is 0. The first-order valence-electron chi connectivity index (χ1n) is 9.57. The molecule has 1 nitrogen and oxygen atoms in total. The number of fused-ring (bicyclic) bond motifs is 10. The largest absolute Gasteiger partial charge is 0.456 e. The van der Waals surface area contributed by atoms with Gasteiger partial charge in [0.1, 0.15) is 11.3 Å². The standard InChI is InChI=1S/C25H20O/c1-15-10-11-20-22(14-15)17-7-3-2-6-16(17)19-12-13-21-18-8-4-5-9-23(18)26-25(21)24(19)20/h2,5-6,9-14H,3-4,7-8H2,1H3. The zero-order valence-corrected chi connectivity index (χ0v) is 14.9. The molecule has 0 N–H and O–H groups in total. The summed E-state index contributed by atoms with van der Waals surface area (Å²) < 4.78 is 6.42. The Labute approximate surface area is 152 Å². The summed E-state index contributed by atoms with van der Waals surface area (Å²) in [5.41, 5.74) is 6.64. The van der Waals surface area contributed by atoms with Crippen molar-refractivity contribution in [2.75, 3.05) is 0 Å². The maximum absolute atomic E-state index is 6.42. The molecule has 1 aromatic heterocycles. The smallest absolute Gasteiger partial charge is 0.143 e. The van der Waals surface area contributed by atoms with Crippen LogP contribution in [-0.4, -0.2) is 0 Å². The average molecular weight is 336 g/mol. The fourth-order valence-corrected chi connectivity index (χ4v) is 4.85. The van der Waals surface area contributed by atoms with Crippen molar-refractivity contribution in [1.82, 2.24) is 0 Å². The Morgan fingerprint density at radius 3 is 2.46 bits per heavy atom. The first-order valence-corrected chi connectivity index (χ1v) is 9.57. The molecule has 2 aliphatic carbocycles. The number of hydrogen-bond acceptors (Lipinski definition) is 1. The Morgan fingerprint density at radius 2 is 1.54 bits per heavy atom. The Kier molecular flexibility index (Phi) is 2.82. The molecule has 0 aliphatic heterocycles.